The highest BCUT2D eigenvalue weighted by Gasteiger charge is 2.36. The van der Waals surface area contributed by atoms with Crippen molar-refractivity contribution in [2.75, 3.05) is 74.8 Å². The SMILES string of the molecule is CNC1CS(=O)(=O)CCN(CC2CCCCC2)C1=O.CNC1CS(=O)(=O)CCN(CC2CCCS(=O)(=O)C2)C1=O. The summed E-state index contributed by atoms with van der Waals surface area (Å²) in [4.78, 5) is 28.0. The summed E-state index contributed by atoms with van der Waals surface area (Å²) in [6.07, 6.45) is 7.48. The van der Waals surface area contributed by atoms with Gasteiger partial charge in [0.05, 0.1) is 34.5 Å². The molecule has 3 heterocycles. The molecule has 3 saturated heterocycles. The maximum Gasteiger partial charge on any atom is 0.240 e. The number of nitrogens with one attached hydrogen (secondary N) is 2. The number of amides is 2. The standard InChI is InChI=1S/C13H24N2O3S.C12H22N2O5S2/c1-14-12-10-19(17,18)8-7-15(13(12)16)9-11-5-3-2-4-6-11;1-13-11-9-21(18,19)6-4-14(12(11)15)7-10-3-2-5-20(16,17)8-10/h11-12,14H,2-10H2,1H3;10-11,13H,2-9H2,1H3. The van der Waals surface area contributed by atoms with Gasteiger partial charge in [-0.25, -0.2) is 25.3 Å². The van der Waals surface area contributed by atoms with E-state index < -0.39 is 41.6 Å². The predicted molar refractivity (Wildman–Crippen MR) is 154 cm³/mol. The summed E-state index contributed by atoms with van der Waals surface area (Å²) < 4.78 is 70.6. The van der Waals surface area contributed by atoms with Gasteiger partial charge in [-0.3, -0.25) is 9.59 Å². The molecule has 0 aromatic rings. The van der Waals surface area contributed by atoms with Gasteiger partial charge in [0.1, 0.15) is 12.1 Å². The molecule has 0 aromatic carbocycles. The van der Waals surface area contributed by atoms with Crippen LogP contribution < -0.4 is 10.6 Å². The highest BCUT2D eigenvalue weighted by molar-refractivity contribution is 7.92. The normalized spacial score (nSPS) is 31.0. The third-order valence-electron chi connectivity index (χ3n) is 8.34. The van der Waals surface area contributed by atoms with E-state index in [9.17, 15) is 34.8 Å². The van der Waals surface area contributed by atoms with Gasteiger partial charge in [0, 0.05) is 26.2 Å². The minimum atomic E-state index is -3.25. The first kappa shape index (κ1) is 33.2. The van der Waals surface area contributed by atoms with Gasteiger partial charge in [-0.05, 0) is 51.6 Å². The van der Waals surface area contributed by atoms with E-state index in [0.717, 1.165) is 13.0 Å². The molecule has 4 aliphatic rings. The molecule has 3 aliphatic heterocycles. The van der Waals surface area contributed by atoms with Crippen LogP contribution in [0.3, 0.4) is 0 Å². The van der Waals surface area contributed by atoms with Gasteiger partial charge in [0.25, 0.3) is 0 Å². The van der Waals surface area contributed by atoms with E-state index in [1.54, 1.807) is 19.0 Å². The number of hydrogen-bond donors (Lipinski definition) is 2. The molecule has 4 rings (SSSR count). The van der Waals surface area contributed by atoms with Crippen molar-refractivity contribution < 1.29 is 34.8 Å². The second kappa shape index (κ2) is 14.3. The van der Waals surface area contributed by atoms with Gasteiger partial charge in [-0.2, -0.15) is 0 Å². The smallest absolute Gasteiger partial charge is 0.240 e. The second-order valence-corrected chi connectivity index (χ2v) is 18.3. The summed E-state index contributed by atoms with van der Waals surface area (Å²) in [7, 11) is -6.17. The molecule has 4 fully saturated rings. The van der Waals surface area contributed by atoms with Gasteiger partial charge in [-0.1, -0.05) is 19.3 Å². The number of carbonyl (C=O) groups is 2. The lowest BCUT2D eigenvalue weighted by Crippen LogP contribution is -2.48. The largest absolute Gasteiger partial charge is 0.340 e. The number of rotatable bonds is 6. The molecule has 1 saturated carbocycles. The van der Waals surface area contributed by atoms with E-state index in [0.29, 0.717) is 25.4 Å². The van der Waals surface area contributed by atoms with Gasteiger partial charge in [0.15, 0.2) is 29.5 Å². The van der Waals surface area contributed by atoms with E-state index in [4.69, 9.17) is 0 Å². The zero-order valence-corrected chi connectivity index (χ0v) is 26.2. The van der Waals surface area contributed by atoms with E-state index in [2.05, 4.69) is 10.6 Å². The Morgan fingerprint density at radius 2 is 1.02 bits per heavy atom. The summed E-state index contributed by atoms with van der Waals surface area (Å²) in [5, 5.41) is 5.59. The molecule has 2 amide bonds. The van der Waals surface area contributed by atoms with Crippen LogP contribution in [0.5, 0.6) is 0 Å². The molecular formula is C25H46N4O8S3. The monoisotopic (exact) mass is 626 g/mol. The van der Waals surface area contributed by atoms with Crippen LogP contribution in [-0.4, -0.2) is 134 Å². The maximum absolute atomic E-state index is 12.3. The third kappa shape index (κ3) is 9.92. The fraction of sp³-hybridized carbons (Fsp3) is 0.920. The molecule has 12 nitrogen and oxygen atoms in total. The molecular weight excluding hydrogens is 580 g/mol. The Balaban J connectivity index is 0.000000222. The lowest BCUT2D eigenvalue weighted by Gasteiger charge is -2.30. The number of likely N-dealkylation sites (N-methyl/N-ethyl adjacent to an activating group) is 2. The van der Waals surface area contributed by atoms with Crippen molar-refractivity contribution in [1.29, 1.82) is 0 Å². The number of sulfone groups is 3. The Morgan fingerprint density at radius 3 is 1.48 bits per heavy atom. The Hall–Kier alpha value is -1.29. The first-order chi connectivity index (χ1) is 18.7. The molecule has 3 atom stereocenters. The van der Waals surface area contributed by atoms with Gasteiger partial charge >= 0.3 is 0 Å². The minimum absolute atomic E-state index is 0.0471. The zero-order valence-electron chi connectivity index (χ0n) is 23.7. The summed E-state index contributed by atoms with van der Waals surface area (Å²) in [6, 6.07) is -1.31. The molecule has 3 unspecified atom stereocenters. The minimum Gasteiger partial charge on any atom is -0.340 e. The molecule has 1 aliphatic carbocycles. The average molecular weight is 627 g/mol. The van der Waals surface area contributed by atoms with Crippen molar-refractivity contribution in [3.63, 3.8) is 0 Å². The van der Waals surface area contributed by atoms with Crippen molar-refractivity contribution in [3.05, 3.63) is 0 Å². The fourth-order valence-corrected chi connectivity index (χ4v) is 10.7. The second-order valence-electron chi connectivity index (χ2n) is 11.6. The lowest BCUT2D eigenvalue weighted by molar-refractivity contribution is -0.133. The van der Waals surface area contributed by atoms with Crippen LogP contribution in [0.15, 0.2) is 0 Å². The Morgan fingerprint density at radius 1 is 0.600 bits per heavy atom. The van der Waals surface area contributed by atoms with Crippen LogP contribution in [0.4, 0.5) is 0 Å². The quantitative estimate of drug-likeness (QED) is 0.376. The lowest BCUT2D eigenvalue weighted by atomic mass is 9.89. The van der Waals surface area contributed by atoms with Gasteiger partial charge in [0.2, 0.25) is 11.8 Å². The van der Waals surface area contributed by atoms with Crippen LogP contribution in [0.1, 0.15) is 44.9 Å². The van der Waals surface area contributed by atoms with E-state index in [1.165, 1.54) is 37.0 Å². The number of hydrogen-bond acceptors (Lipinski definition) is 10. The van der Waals surface area contributed by atoms with Crippen molar-refractivity contribution in [2.24, 2.45) is 11.8 Å². The first-order valence-corrected chi connectivity index (χ1v) is 19.7. The highest BCUT2D eigenvalue weighted by Crippen LogP contribution is 2.25. The van der Waals surface area contributed by atoms with Crippen LogP contribution in [-0.2, 0) is 39.1 Å². The molecule has 0 radical (unpaired) electrons. The van der Waals surface area contributed by atoms with Crippen molar-refractivity contribution in [3.8, 4) is 0 Å². The Bertz CT molecular complexity index is 1200. The van der Waals surface area contributed by atoms with E-state index in [1.807, 2.05) is 0 Å². The summed E-state index contributed by atoms with van der Waals surface area (Å²) in [5.74, 6) is 0.252. The molecule has 40 heavy (non-hydrogen) atoms. The highest BCUT2D eigenvalue weighted by atomic mass is 32.2. The number of nitrogens with zero attached hydrogens (tertiary/aromatic N) is 2. The average Bonchev–Trinajstić information content (AvgIpc) is 3.08. The van der Waals surface area contributed by atoms with Crippen LogP contribution in [0.25, 0.3) is 0 Å². The van der Waals surface area contributed by atoms with Crippen LogP contribution >= 0.6 is 0 Å². The molecule has 232 valence electrons. The van der Waals surface area contributed by atoms with Gasteiger partial charge < -0.3 is 20.4 Å². The molecule has 0 spiro atoms. The van der Waals surface area contributed by atoms with Crippen molar-refractivity contribution in [2.45, 2.75) is 57.0 Å². The first-order valence-electron chi connectivity index (χ1n) is 14.3. The Kier molecular flexibility index (Phi) is 11.8. The molecule has 2 N–H and O–H groups in total. The summed E-state index contributed by atoms with van der Waals surface area (Å²) in [6.45, 7) is 1.56. The predicted octanol–water partition coefficient (Wildman–Crippen LogP) is -0.932. The van der Waals surface area contributed by atoms with Crippen molar-refractivity contribution in [1.82, 2.24) is 20.4 Å². The molecule has 0 aromatic heterocycles. The van der Waals surface area contributed by atoms with E-state index >= 15 is 0 Å². The molecule has 15 heteroatoms. The van der Waals surface area contributed by atoms with E-state index in [-0.39, 0.29) is 58.8 Å². The Labute approximate surface area is 239 Å². The third-order valence-corrected chi connectivity index (χ3v) is 13.5. The van der Waals surface area contributed by atoms with Crippen LogP contribution in [0, 0.1) is 11.8 Å². The maximum atomic E-state index is 12.3. The fourth-order valence-electron chi connectivity index (χ4n) is 6.01. The summed E-state index contributed by atoms with van der Waals surface area (Å²) in [5.41, 5.74) is 0. The summed E-state index contributed by atoms with van der Waals surface area (Å²) >= 11 is 0. The zero-order chi connectivity index (χ0) is 29.6. The van der Waals surface area contributed by atoms with Gasteiger partial charge in [-0.15, -0.1) is 0 Å². The van der Waals surface area contributed by atoms with Crippen molar-refractivity contribution >= 4 is 41.3 Å². The molecule has 0 bridgehead atoms. The number of carbonyl (C=O) groups excluding carboxylic acids is 2. The van der Waals surface area contributed by atoms with Crippen LogP contribution in [0.2, 0.25) is 0 Å². The topological polar surface area (TPSA) is 167 Å².